The highest BCUT2D eigenvalue weighted by molar-refractivity contribution is 5.81. The van der Waals surface area contributed by atoms with Crippen molar-refractivity contribution in [1.29, 1.82) is 0 Å². The monoisotopic (exact) mass is 314 g/mol. The van der Waals surface area contributed by atoms with Gasteiger partial charge in [-0.3, -0.25) is 9.59 Å². The zero-order valence-corrected chi connectivity index (χ0v) is 13.4. The van der Waals surface area contributed by atoms with Crippen LogP contribution in [-0.4, -0.2) is 57.3 Å². The molecule has 0 radical (unpaired) electrons. The molecular weight excluding hydrogens is 292 g/mol. The van der Waals surface area contributed by atoms with E-state index in [1.165, 1.54) is 0 Å². The van der Waals surface area contributed by atoms with Crippen molar-refractivity contribution >= 4 is 11.8 Å². The van der Waals surface area contributed by atoms with Gasteiger partial charge in [0, 0.05) is 58.0 Å². The van der Waals surface area contributed by atoms with Crippen LogP contribution in [0.15, 0.2) is 36.9 Å². The number of aryl methyl sites for hydroxylation is 1. The number of hydrogen-bond acceptors (Lipinski definition) is 2. The number of hydrogen-bond donors (Lipinski definition) is 1. The summed E-state index contributed by atoms with van der Waals surface area (Å²) in [6.07, 6.45) is 8.43. The Kier molecular flexibility index (Phi) is 4.50. The number of aromatic nitrogens is 2. The minimum Gasteiger partial charge on any atom is -0.367 e. The summed E-state index contributed by atoms with van der Waals surface area (Å²) < 4.78 is 1.94. The predicted octanol–water partition coefficient (Wildman–Crippen LogP) is 0.809. The molecule has 122 valence electrons. The molecule has 3 rings (SSSR count). The molecule has 1 aliphatic rings. The average Bonchev–Trinajstić information content (AvgIpc) is 3.19. The van der Waals surface area contributed by atoms with Gasteiger partial charge in [0.15, 0.2) is 0 Å². The third-order valence-corrected chi connectivity index (χ3v) is 4.25. The fourth-order valence-corrected chi connectivity index (χ4v) is 2.91. The van der Waals surface area contributed by atoms with Crippen molar-refractivity contribution in [3.63, 3.8) is 0 Å². The smallest absolute Gasteiger partial charge is 0.227 e. The second-order valence-corrected chi connectivity index (χ2v) is 6.02. The summed E-state index contributed by atoms with van der Waals surface area (Å²) in [7, 11) is 1.95. The van der Waals surface area contributed by atoms with Crippen LogP contribution >= 0.6 is 0 Å². The van der Waals surface area contributed by atoms with E-state index in [2.05, 4.69) is 4.98 Å². The van der Waals surface area contributed by atoms with Gasteiger partial charge in [0.25, 0.3) is 0 Å². The van der Waals surface area contributed by atoms with Crippen LogP contribution in [0.25, 0.3) is 0 Å². The first-order valence-corrected chi connectivity index (χ1v) is 7.90. The molecule has 23 heavy (non-hydrogen) atoms. The fourth-order valence-electron chi connectivity index (χ4n) is 2.91. The summed E-state index contributed by atoms with van der Waals surface area (Å²) in [6.45, 7) is 2.46. The van der Waals surface area contributed by atoms with Crippen LogP contribution in [0.4, 0.5) is 0 Å². The molecule has 0 saturated carbocycles. The van der Waals surface area contributed by atoms with Gasteiger partial charge in [0.05, 0.1) is 12.8 Å². The summed E-state index contributed by atoms with van der Waals surface area (Å²) in [5.41, 5.74) is 2.03. The lowest BCUT2D eigenvalue weighted by atomic mass is 10.2. The summed E-state index contributed by atoms with van der Waals surface area (Å²) >= 11 is 0. The Bertz CT molecular complexity index is 667. The zero-order chi connectivity index (χ0) is 16.2. The van der Waals surface area contributed by atoms with Crippen molar-refractivity contribution in [3.05, 3.63) is 48.0 Å². The minimum atomic E-state index is 0.125. The molecule has 2 aromatic rings. The van der Waals surface area contributed by atoms with Gasteiger partial charge in [0.1, 0.15) is 0 Å². The van der Waals surface area contributed by atoms with E-state index in [-0.39, 0.29) is 11.8 Å². The predicted molar refractivity (Wildman–Crippen MR) is 86.8 cm³/mol. The maximum atomic E-state index is 12.3. The van der Waals surface area contributed by atoms with Crippen molar-refractivity contribution in [3.8, 4) is 0 Å². The quantitative estimate of drug-likeness (QED) is 0.908. The molecule has 2 aromatic heterocycles. The lowest BCUT2D eigenvalue weighted by Crippen LogP contribution is -2.51. The molecule has 2 amide bonds. The molecule has 0 bridgehead atoms. The molecule has 0 aromatic carbocycles. The molecule has 0 atom stereocenters. The molecular formula is C17H22N4O2. The van der Waals surface area contributed by atoms with Gasteiger partial charge in [-0.05, 0) is 23.3 Å². The van der Waals surface area contributed by atoms with E-state index < -0.39 is 0 Å². The number of carbonyl (C=O) groups is 2. The highest BCUT2D eigenvalue weighted by Crippen LogP contribution is 2.09. The van der Waals surface area contributed by atoms with E-state index in [0.717, 1.165) is 11.1 Å². The molecule has 1 fully saturated rings. The average molecular weight is 314 g/mol. The Labute approximate surface area is 135 Å². The molecule has 0 spiro atoms. The largest absolute Gasteiger partial charge is 0.367 e. The number of aromatic amines is 1. The highest BCUT2D eigenvalue weighted by Gasteiger charge is 2.24. The van der Waals surface area contributed by atoms with E-state index in [0.29, 0.717) is 39.0 Å². The van der Waals surface area contributed by atoms with Crippen molar-refractivity contribution in [1.82, 2.24) is 19.4 Å². The highest BCUT2D eigenvalue weighted by atomic mass is 16.2. The number of amides is 2. The van der Waals surface area contributed by atoms with Gasteiger partial charge in [0.2, 0.25) is 11.8 Å². The third-order valence-electron chi connectivity index (χ3n) is 4.25. The normalized spacial score (nSPS) is 15.0. The van der Waals surface area contributed by atoms with E-state index in [1.807, 2.05) is 58.3 Å². The fraction of sp³-hybridized carbons (Fsp3) is 0.412. The first kappa shape index (κ1) is 15.4. The van der Waals surface area contributed by atoms with Crippen LogP contribution in [0.3, 0.4) is 0 Å². The van der Waals surface area contributed by atoms with E-state index in [9.17, 15) is 9.59 Å². The van der Waals surface area contributed by atoms with Crippen molar-refractivity contribution in [2.75, 3.05) is 26.2 Å². The van der Waals surface area contributed by atoms with E-state index >= 15 is 0 Å². The number of carbonyl (C=O) groups excluding carboxylic acids is 2. The zero-order valence-electron chi connectivity index (χ0n) is 13.4. The van der Waals surface area contributed by atoms with Crippen LogP contribution in [-0.2, 0) is 29.5 Å². The first-order chi connectivity index (χ1) is 11.1. The van der Waals surface area contributed by atoms with Gasteiger partial charge in [-0.2, -0.15) is 0 Å². The van der Waals surface area contributed by atoms with Crippen LogP contribution in [0.5, 0.6) is 0 Å². The van der Waals surface area contributed by atoms with Crippen LogP contribution in [0.1, 0.15) is 11.1 Å². The van der Waals surface area contributed by atoms with E-state index in [1.54, 1.807) is 0 Å². The number of nitrogens with one attached hydrogen (secondary N) is 1. The molecule has 1 N–H and O–H groups in total. The van der Waals surface area contributed by atoms with E-state index in [4.69, 9.17) is 0 Å². The summed E-state index contributed by atoms with van der Waals surface area (Å²) in [6, 6.07) is 3.88. The van der Waals surface area contributed by atoms with Gasteiger partial charge in [-0.15, -0.1) is 0 Å². The lowest BCUT2D eigenvalue weighted by Gasteiger charge is -2.34. The number of H-pyrrole nitrogens is 1. The number of rotatable bonds is 4. The SMILES string of the molecule is Cn1ccc(CC(=O)N2CCN(C(=O)Cc3cc[nH]c3)CC2)c1. The van der Waals surface area contributed by atoms with Crippen molar-refractivity contribution < 1.29 is 9.59 Å². The van der Waals surface area contributed by atoms with Crippen molar-refractivity contribution in [2.45, 2.75) is 12.8 Å². The standard InChI is InChI=1S/C17H22N4O2/c1-19-5-3-15(13-19)11-17(23)21-8-6-20(7-9-21)16(22)10-14-2-4-18-12-14/h2-5,12-13,18H,6-11H2,1H3. The van der Waals surface area contributed by atoms with Crippen LogP contribution in [0, 0.1) is 0 Å². The Morgan fingerprint density at radius 2 is 1.61 bits per heavy atom. The van der Waals surface area contributed by atoms with Crippen molar-refractivity contribution in [2.24, 2.45) is 7.05 Å². The molecule has 6 heteroatoms. The van der Waals surface area contributed by atoms with Gasteiger partial charge in [-0.1, -0.05) is 0 Å². The minimum absolute atomic E-state index is 0.125. The summed E-state index contributed by atoms with van der Waals surface area (Å²) in [5.74, 6) is 0.258. The molecule has 1 aliphatic heterocycles. The Balaban J connectivity index is 1.47. The lowest BCUT2D eigenvalue weighted by molar-refractivity contribution is -0.138. The van der Waals surface area contributed by atoms with Gasteiger partial charge >= 0.3 is 0 Å². The maximum absolute atomic E-state index is 12.3. The topological polar surface area (TPSA) is 61.3 Å². The molecule has 0 unspecified atom stereocenters. The molecule has 1 saturated heterocycles. The Morgan fingerprint density at radius 3 is 2.09 bits per heavy atom. The van der Waals surface area contributed by atoms with Gasteiger partial charge in [-0.25, -0.2) is 0 Å². The molecule has 0 aliphatic carbocycles. The Morgan fingerprint density at radius 1 is 1.00 bits per heavy atom. The number of piperazine rings is 1. The second kappa shape index (κ2) is 6.73. The Hall–Kier alpha value is -2.50. The second-order valence-electron chi connectivity index (χ2n) is 6.02. The van der Waals surface area contributed by atoms with Crippen LogP contribution < -0.4 is 0 Å². The first-order valence-electron chi connectivity index (χ1n) is 7.90. The number of nitrogens with zero attached hydrogens (tertiary/aromatic N) is 3. The molecule has 3 heterocycles. The third kappa shape index (κ3) is 3.83. The summed E-state index contributed by atoms with van der Waals surface area (Å²) in [5, 5.41) is 0. The maximum Gasteiger partial charge on any atom is 0.227 e. The van der Waals surface area contributed by atoms with Gasteiger partial charge < -0.3 is 19.4 Å². The summed E-state index contributed by atoms with van der Waals surface area (Å²) in [4.78, 5) is 31.2. The molecule has 6 nitrogen and oxygen atoms in total. The van der Waals surface area contributed by atoms with Crippen LogP contribution in [0.2, 0.25) is 0 Å².